The summed E-state index contributed by atoms with van der Waals surface area (Å²) < 4.78 is 5.44. The lowest BCUT2D eigenvalue weighted by Gasteiger charge is -2.07. The molecule has 1 nitrogen and oxygen atoms in total. The minimum absolute atomic E-state index is 0.500. The lowest BCUT2D eigenvalue weighted by molar-refractivity contribution is 0.309. The molecule has 0 bridgehead atoms. The van der Waals surface area contributed by atoms with Crippen LogP contribution in [0.5, 0.6) is 5.75 Å². The average molecular weight is 219 g/mol. The maximum atomic E-state index is 5.92. The van der Waals surface area contributed by atoms with Gasteiger partial charge in [0.05, 0.1) is 11.6 Å². The molecule has 1 aromatic rings. The molecule has 0 saturated carbocycles. The minimum Gasteiger partial charge on any atom is -0.492 e. The van der Waals surface area contributed by atoms with Crippen molar-refractivity contribution in [3.8, 4) is 5.75 Å². The van der Waals surface area contributed by atoms with E-state index in [2.05, 4.69) is 6.92 Å². The number of hydrogen-bond acceptors (Lipinski definition) is 1. The fourth-order valence-electron chi connectivity index (χ4n) is 0.922. The summed E-state index contributed by atoms with van der Waals surface area (Å²) in [6.07, 6.45) is 2.14. The summed E-state index contributed by atoms with van der Waals surface area (Å²) in [7, 11) is 0. The van der Waals surface area contributed by atoms with Crippen molar-refractivity contribution in [2.24, 2.45) is 0 Å². The van der Waals surface area contributed by atoms with Gasteiger partial charge in [-0.2, -0.15) is 0 Å². The van der Waals surface area contributed by atoms with E-state index in [1.165, 1.54) is 0 Å². The van der Waals surface area contributed by atoms with Gasteiger partial charge in [-0.05, 0) is 18.6 Å². The average Bonchev–Trinajstić information content (AvgIpc) is 2.13. The van der Waals surface area contributed by atoms with Gasteiger partial charge in [0.1, 0.15) is 10.8 Å². The summed E-state index contributed by atoms with van der Waals surface area (Å²) in [6, 6.07) is 5.40. The first-order valence-corrected chi connectivity index (χ1v) is 5.08. The van der Waals surface area contributed by atoms with E-state index in [0.717, 1.165) is 12.8 Å². The molecule has 0 aliphatic carbocycles. The smallest absolute Gasteiger partial charge is 0.139 e. The highest BCUT2D eigenvalue weighted by Gasteiger charge is 2.03. The molecule has 0 aliphatic rings. The topological polar surface area (TPSA) is 9.23 Å². The molecule has 3 heteroatoms. The maximum Gasteiger partial charge on any atom is 0.139 e. The molecular formula is C10H12Cl2O. The molecule has 0 aromatic heterocycles. The van der Waals surface area contributed by atoms with Crippen LogP contribution < -0.4 is 4.74 Å². The van der Waals surface area contributed by atoms with Crippen molar-refractivity contribution in [2.75, 3.05) is 6.61 Å². The summed E-state index contributed by atoms with van der Waals surface area (Å²) in [5.74, 6) is 0.669. The first-order chi connectivity index (χ1) is 6.25. The van der Waals surface area contributed by atoms with Crippen molar-refractivity contribution in [3.63, 3.8) is 0 Å². The molecule has 1 aromatic carbocycles. The van der Waals surface area contributed by atoms with Crippen LogP contribution in [0, 0.1) is 0 Å². The SMILES string of the molecule is CCCCOc1cccc(Cl)c1Cl. The van der Waals surface area contributed by atoms with Gasteiger partial charge in [-0.15, -0.1) is 0 Å². The molecule has 0 aliphatic heterocycles. The van der Waals surface area contributed by atoms with Crippen molar-refractivity contribution in [2.45, 2.75) is 19.8 Å². The molecule has 72 valence electrons. The van der Waals surface area contributed by atoms with Crippen molar-refractivity contribution in [1.82, 2.24) is 0 Å². The number of benzene rings is 1. The van der Waals surface area contributed by atoms with E-state index in [1.807, 2.05) is 12.1 Å². The van der Waals surface area contributed by atoms with Crippen molar-refractivity contribution in [1.29, 1.82) is 0 Å². The number of ether oxygens (including phenoxy) is 1. The van der Waals surface area contributed by atoms with E-state index in [0.29, 0.717) is 22.4 Å². The Kier molecular flexibility index (Phi) is 4.40. The first-order valence-electron chi connectivity index (χ1n) is 4.32. The van der Waals surface area contributed by atoms with Gasteiger partial charge in [-0.3, -0.25) is 0 Å². The van der Waals surface area contributed by atoms with E-state index in [4.69, 9.17) is 27.9 Å². The van der Waals surface area contributed by atoms with Crippen LogP contribution in [0.2, 0.25) is 10.0 Å². The third-order valence-corrected chi connectivity index (χ3v) is 2.47. The second-order valence-electron chi connectivity index (χ2n) is 2.75. The Morgan fingerprint density at radius 3 is 2.77 bits per heavy atom. The van der Waals surface area contributed by atoms with Crippen LogP contribution in [0.1, 0.15) is 19.8 Å². The Morgan fingerprint density at radius 2 is 2.08 bits per heavy atom. The summed E-state index contributed by atoms with van der Waals surface area (Å²) in [5.41, 5.74) is 0. The highest BCUT2D eigenvalue weighted by atomic mass is 35.5. The van der Waals surface area contributed by atoms with Crippen LogP contribution >= 0.6 is 23.2 Å². The maximum absolute atomic E-state index is 5.92. The van der Waals surface area contributed by atoms with Crippen molar-refractivity contribution in [3.05, 3.63) is 28.2 Å². The Bertz CT molecular complexity index is 274. The van der Waals surface area contributed by atoms with Crippen molar-refractivity contribution < 1.29 is 4.74 Å². The first kappa shape index (κ1) is 10.7. The molecule has 0 atom stereocenters. The Labute approximate surface area is 88.6 Å². The van der Waals surface area contributed by atoms with Gasteiger partial charge in [0.25, 0.3) is 0 Å². The van der Waals surface area contributed by atoms with Crippen LogP contribution in [0.15, 0.2) is 18.2 Å². The molecule has 0 heterocycles. The largest absolute Gasteiger partial charge is 0.492 e. The van der Waals surface area contributed by atoms with Crippen LogP contribution in [-0.2, 0) is 0 Å². The zero-order chi connectivity index (χ0) is 9.68. The summed E-state index contributed by atoms with van der Waals surface area (Å²) in [6.45, 7) is 2.81. The molecule has 1 rings (SSSR count). The van der Waals surface area contributed by atoms with Gasteiger partial charge in [-0.25, -0.2) is 0 Å². The number of halogens is 2. The van der Waals surface area contributed by atoms with Crippen LogP contribution in [0.3, 0.4) is 0 Å². The monoisotopic (exact) mass is 218 g/mol. The van der Waals surface area contributed by atoms with Gasteiger partial charge in [-0.1, -0.05) is 42.6 Å². The number of rotatable bonds is 4. The predicted octanol–water partition coefficient (Wildman–Crippen LogP) is 4.17. The standard InChI is InChI=1S/C10H12Cl2O/c1-2-3-7-13-9-6-4-5-8(11)10(9)12/h4-6H,2-3,7H2,1H3. The molecular weight excluding hydrogens is 207 g/mol. The zero-order valence-corrected chi connectivity index (χ0v) is 9.03. The van der Waals surface area contributed by atoms with Crippen LogP contribution in [0.25, 0.3) is 0 Å². The van der Waals surface area contributed by atoms with E-state index in [9.17, 15) is 0 Å². The molecule has 13 heavy (non-hydrogen) atoms. The summed E-state index contributed by atoms with van der Waals surface area (Å²) in [5, 5.41) is 1.04. The lowest BCUT2D eigenvalue weighted by atomic mass is 10.3. The molecule has 0 fully saturated rings. The fraction of sp³-hybridized carbons (Fsp3) is 0.400. The summed E-state index contributed by atoms with van der Waals surface area (Å²) >= 11 is 11.7. The lowest BCUT2D eigenvalue weighted by Crippen LogP contribution is -1.96. The van der Waals surface area contributed by atoms with Crippen LogP contribution in [-0.4, -0.2) is 6.61 Å². The highest BCUT2D eigenvalue weighted by Crippen LogP contribution is 2.31. The van der Waals surface area contributed by atoms with E-state index >= 15 is 0 Å². The van der Waals surface area contributed by atoms with Gasteiger partial charge in [0.2, 0.25) is 0 Å². The van der Waals surface area contributed by atoms with Gasteiger partial charge < -0.3 is 4.74 Å². The molecule has 0 radical (unpaired) electrons. The molecule has 0 amide bonds. The fourth-order valence-corrected chi connectivity index (χ4v) is 1.27. The second-order valence-corrected chi connectivity index (χ2v) is 3.54. The quantitative estimate of drug-likeness (QED) is 0.690. The van der Waals surface area contributed by atoms with Gasteiger partial charge >= 0.3 is 0 Å². The van der Waals surface area contributed by atoms with E-state index in [1.54, 1.807) is 6.07 Å². The van der Waals surface area contributed by atoms with Gasteiger partial charge in [0, 0.05) is 0 Å². The normalized spacial score (nSPS) is 10.1. The predicted molar refractivity (Wildman–Crippen MR) is 56.9 cm³/mol. The minimum atomic E-state index is 0.500. The summed E-state index contributed by atoms with van der Waals surface area (Å²) in [4.78, 5) is 0. The molecule has 0 saturated heterocycles. The van der Waals surface area contributed by atoms with Crippen LogP contribution in [0.4, 0.5) is 0 Å². The van der Waals surface area contributed by atoms with Crippen molar-refractivity contribution >= 4 is 23.2 Å². The number of unbranched alkanes of at least 4 members (excludes halogenated alkanes) is 1. The Hall–Kier alpha value is -0.400. The van der Waals surface area contributed by atoms with E-state index in [-0.39, 0.29) is 0 Å². The molecule has 0 spiro atoms. The van der Waals surface area contributed by atoms with Gasteiger partial charge in [0.15, 0.2) is 0 Å². The highest BCUT2D eigenvalue weighted by molar-refractivity contribution is 6.42. The Morgan fingerprint density at radius 1 is 1.31 bits per heavy atom. The second kappa shape index (κ2) is 5.36. The molecule has 0 N–H and O–H groups in total. The third kappa shape index (κ3) is 3.09. The number of hydrogen-bond donors (Lipinski definition) is 0. The van der Waals surface area contributed by atoms with E-state index < -0.39 is 0 Å². The Balaban J connectivity index is 2.61. The molecule has 0 unspecified atom stereocenters. The third-order valence-electron chi connectivity index (χ3n) is 1.67. The zero-order valence-electron chi connectivity index (χ0n) is 7.52.